The molecule has 0 aliphatic carbocycles. The van der Waals surface area contributed by atoms with E-state index in [1.165, 1.54) is 13.8 Å². The van der Waals surface area contributed by atoms with Crippen molar-refractivity contribution in [3.05, 3.63) is 0 Å². The van der Waals surface area contributed by atoms with Crippen molar-refractivity contribution in [3.63, 3.8) is 0 Å². The van der Waals surface area contributed by atoms with Gasteiger partial charge in [-0.25, -0.2) is 0 Å². The first kappa shape index (κ1) is 35.0. The highest BCUT2D eigenvalue weighted by molar-refractivity contribution is 6.99. The number of amides is 1. The van der Waals surface area contributed by atoms with Crippen LogP contribution in [-0.2, 0) is 28.6 Å². The predicted molar refractivity (Wildman–Crippen MR) is 159 cm³/mol. The van der Waals surface area contributed by atoms with Crippen molar-refractivity contribution in [1.82, 2.24) is 13.6 Å². The molecule has 0 bridgehead atoms. The molecule has 11 nitrogen and oxygen atoms in total. The molecular formula is C29H50N4O7S. The molecule has 1 aromatic rings. The summed E-state index contributed by atoms with van der Waals surface area (Å²) in [5.41, 5.74) is -2.77. The third-order valence-electron chi connectivity index (χ3n) is 7.94. The summed E-state index contributed by atoms with van der Waals surface area (Å²) in [5.74, 6) is 0.535. The SMILES string of the molecule is CCC(C)(O[C@@H](C)C(=O)C(CC)(CC)O[C@H](COc1nsnc1N1CCOCC1)CN(C(C)=O)C(C)(C)C)C(C)=O. The number of hydrogen-bond donors (Lipinski definition) is 0. The van der Waals surface area contributed by atoms with Gasteiger partial charge in [0.2, 0.25) is 11.7 Å². The molecule has 0 saturated carbocycles. The van der Waals surface area contributed by atoms with Crippen LogP contribution in [0.5, 0.6) is 5.88 Å². The lowest BCUT2D eigenvalue weighted by Crippen LogP contribution is -2.55. The number of carbonyl (C=O) groups excluding carboxylic acids is 3. The summed E-state index contributed by atoms with van der Waals surface area (Å²) in [7, 11) is 0. The third-order valence-corrected chi connectivity index (χ3v) is 8.45. The second-order valence-electron chi connectivity index (χ2n) is 11.8. The Balaban J connectivity index is 2.37. The maximum atomic E-state index is 14.0. The predicted octanol–water partition coefficient (Wildman–Crippen LogP) is 4.08. The van der Waals surface area contributed by atoms with Crippen LogP contribution in [0, 0.1) is 0 Å². The lowest BCUT2D eigenvalue weighted by molar-refractivity contribution is -0.181. The summed E-state index contributed by atoms with van der Waals surface area (Å²) in [6.07, 6.45) is -0.356. The molecule has 0 aromatic carbocycles. The quantitative estimate of drug-likeness (QED) is 0.275. The zero-order valence-electron chi connectivity index (χ0n) is 26.6. The van der Waals surface area contributed by atoms with Crippen LogP contribution >= 0.6 is 11.7 Å². The number of rotatable bonds is 16. The van der Waals surface area contributed by atoms with Crippen LogP contribution in [0.1, 0.15) is 88.5 Å². The first-order valence-corrected chi connectivity index (χ1v) is 15.3. The topological polar surface area (TPSA) is 120 Å². The Morgan fingerprint density at radius 2 is 1.61 bits per heavy atom. The molecule has 0 radical (unpaired) electrons. The third kappa shape index (κ3) is 8.92. The maximum absolute atomic E-state index is 14.0. The highest BCUT2D eigenvalue weighted by Gasteiger charge is 2.44. The molecule has 2 rings (SSSR count). The van der Waals surface area contributed by atoms with Crippen molar-refractivity contribution in [2.75, 3.05) is 44.4 Å². The number of morpholine rings is 1. The minimum absolute atomic E-state index is 0.0486. The molecule has 0 N–H and O–H groups in total. The summed E-state index contributed by atoms with van der Waals surface area (Å²) >= 11 is 1.06. The summed E-state index contributed by atoms with van der Waals surface area (Å²) in [5, 5.41) is 0. The van der Waals surface area contributed by atoms with E-state index in [-0.39, 0.29) is 30.6 Å². The van der Waals surface area contributed by atoms with Crippen LogP contribution in [0.15, 0.2) is 0 Å². The van der Waals surface area contributed by atoms with Crippen molar-refractivity contribution in [2.45, 2.75) is 117 Å². The van der Waals surface area contributed by atoms with Crippen LogP contribution < -0.4 is 9.64 Å². The van der Waals surface area contributed by atoms with Gasteiger partial charge in [0.1, 0.15) is 30.0 Å². The Hall–Kier alpha value is -2.15. The first-order valence-electron chi connectivity index (χ1n) is 14.6. The van der Waals surface area contributed by atoms with Crippen LogP contribution in [-0.4, -0.2) is 99.5 Å². The molecule has 1 amide bonds. The number of anilines is 1. The monoisotopic (exact) mass is 598 g/mol. The van der Waals surface area contributed by atoms with Gasteiger partial charge in [-0.1, -0.05) is 20.8 Å². The lowest BCUT2D eigenvalue weighted by Gasteiger charge is -2.41. The van der Waals surface area contributed by atoms with E-state index in [0.29, 0.717) is 57.3 Å². The Kier molecular flexibility index (Phi) is 12.7. The van der Waals surface area contributed by atoms with Crippen molar-refractivity contribution >= 4 is 35.0 Å². The molecule has 1 aliphatic heterocycles. The van der Waals surface area contributed by atoms with Gasteiger partial charge in [-0.15, -0.1) is 4.37 Å². The molecule has 1 unspecified atom stereocenters. The van der Waals surface area contributed by atoms with Gasteiger partial charge < -0.3 is 28.7 Å². The molecule has 1 aromatic heterocycles. The second-order valence-corrected chi connectivity index (χ2v) is 12.3. The number of carbonyl (C=O) groups is 3. The van der Waals surface area contributed by atoms with Crippen molar-refractivity contribution < 1.29 is 33.3 Å². The minimum atomic E-state index is -1.22. The molecule has 2 heterocycles. The van der Waals surface area contributed by atoms with Gasteiger partial charge in [0.25, 0.3) is 5.88 Å². The van der Waals surface area contributed by atoms with E-state index in [0.717, 1.165) is 11.7 Å². The van der Waals surface area contributed by atoms with E-state index in [1.54, 1.807) is 18.7 Å². The molecular weight excluding hydrogens is 548 g/mol. The van der Waals surface area contributed by atoms with Gasteiger partial charge >= 0.3 is 0 Å². The largest absolute Gasteiger partial charge is 0.472 e. The van der Waals surface area contributed by atoms with Crippen molar-refractivity contribution in [2.24, 2.45) is 0 Å². The Morgan fingerprint density at radius 1 is 1.00 bits per heavy atom. The van der Waals surface area contributed by atoms with E-state index >= 15 is 0 Å². The second kappa shape index (κ2) is 14.8. The van der Waals surface area contributed by atoms with Crippen LogP contribution in [0.2, 0.25) is 0 Å². The molecule has 1 fully saturated rings. The van der Waals surface area contributed by atoms with Crippen molar-refractivity contribution in [1.29, 1.82) is 0 Å². The number of Topliss-reactive ketones (excluding diaryl/α,β-unsaturated/α-hetero) is 2. The molecule has 234 valence electrons. The molecule has 12 heteroatoms. The Bertz CT molecular complexity index is 1020. The molecule has 1 aliphatic rings. The van der Waals surface area contributed by atoms with E-state index in [4.69, 9.17) is 18.9 Å². The summed E-state index contributed by atoms with van der Waals surface area (Å²) < 4.78 is 33.2. The first-order chi connectivity index (χ1) is 19.1. The number of aromatic nitrogens is 2. The van der Waals surface area contributed by atoms with Gasteiger partial charge in [-0.05, 0) is 60.8 Å². The van der Waals surface area contributed by atoms with Gasteiger partial charge in [0.15, 0.2) is 11.6 Å². The van der Waals surface area contributed by atoms with E-state index in [1.807, 2.05) is 41.5 Å². The molecule has 3 atom stereocenters. The zero-order chi connectivity index (χ0) is 31.0. The summed E-state index contributed by atoms with van der Waals surface area (Å²) in [6, 6.07) is 0. The van der Waals surface area contributed by atoms with Crippen LogP contribution in [0.25, 0.3) is 0 Å². The van der Waals surface area contributed by atoms with Gasteiger partial charge in [-0.2, -0.15) is 4.37 Å². The fourth-order valence-electron chi connectivity index (χ4n) is 4.98. The smallest absolute Gasteiger partial charge is 0.270 e. The number of hydrogen-bond acceptors (Lipinski definition) is 11. The lowest BCUT2D eigenvalue weighted by atomic mass is 9.88. The maximum Gasteiger partial charge on any atom is 0.270 e. The zero-order valence-corrected chi connectivity index (χ0v) is 27.4. The van der Waals surface area contributed by atoms with Crippen LogP contribution in [0.3, 0.4) is 0 Å². The van der Waals surface area contributed by atoms with Gasteiger partial charge in [-0.3, -0.25) is 14.4 Å². The fourth-order valence-corrected chi connectivity index (χ4v) is 5.50. The summed E-state index contributed by atoms with van der Waals surface area (Å²) in [6.45, 7) is 20.7. The van der Waals surface area contributed by atoms with E-state index in [2.05, 4.69) is 13.6 Å². The number of nitrogens with zero attached hydrogens (tertiary/aromatic N) is 4. The Morgan fingerprint density at radius 3 is 2.10 bits per heavy atom. The normalized spacial score (nSPS) is 17.5. The van der Waals surface area contributed by atoms with Crippen LogP contribution in [0.4, 0.5) is 5.82 Å². The standard InChI is InChI=1S/C29H50N4O7S/c1-11-28(10,21(5)34)39-20(4)24(36)29(12-2,13-3)40-23(18-33(22(6)35)27(7,8)9)19-38-26-25(30-41-31-26)32-14-16-37-17-15-32/h20,23H,11-19H2,1-10H3/t20-,23-,28?/m0/s1. The molecule has 41 heavy (non-hydrogen) atoms. The Labute approximate surface area is 249 Å². The van der Waals surface area contributed by atoms with Gasteiger partial charge in [0.05, 0.1) is 31.5 Å². The average molecular weight is 599 g/mol. The highest BCUT2D eigenvalue weighted by atomic mass is 32.1. The van der Waals surface area contributed by atoms with E-state index < -0.39 is 28.9 Å². The fraction of sp³-hybridized carbons (Fsp3) is 0.828. The minimum Gasteiger partial charge on any atom is -0.472 e. The van der Waals surface area contributed by atoms with Gasteiger partial charge in [0, 0.05) is 25.6 Å². The molecule has 0 spiro atoms. The molecule has 1 saturated heterocycles. The summed E-state index contributed by atoms with van der Waals surface area (Å²) in [4.78, 5) is 42.7. The number of ether oxygens (including phenoxy) is 4. The number of ketones is 2. The van der Waals surface area contributed by atoms with E-state index in [9.17, 15) is 14.4 Å². The van der Waals surface area contributed by atoms with Crippen molar-refractivity contribution in [3.8, 4) is 5.88 Å². The highest BCUT2D eigenvalue weighted by Crippen LogP contribution is 2.31. The average Bonchev–Trinajstić information content (AvgIpc) is 3.40.